The number of phosphoric acid groups is 1. The zero-order valence-electron chi connectivity index (χ0n) is 34.4. The normalized spacial score (nSPS) is 20.0. The molecule has 1 aliphatic carbocycles. The zero-order chi connectivity index (χ0) is 41.4. The number of unbranched alkanes of at least 4 members (excludes halogenated alkanes) is 13. The number of ether oxygens (including phenoxy) is 2. The zero-order valence-corrected chi connectivity index (χ0v) is 35.2. The molecule has 56 heavy (non-hydrogen) atoms. The maximum Gasteiger partial charge on any atom is 0.469 e. The largest absolute Gasteiger partial charge is 0.469 e. The summed E-state index contributed by atoms with van der Waals surface area (Å²) in [5.41, 5.74) is 0. The van der Waals surface area contributed by atoms with Crippen molar-refractivity contribution in [3.05, 3.63) is 36.5 Å². The van der Waals surface area contributed by atoms with Crippen LogP contribution in [0.15, 0.2) is 36.5 Å². The van der Waals surface area contributed by atoms with Crippen molar-refractivity contribution in [3.8, 4) is 0 Å². The highest BCUT2D eigenvalue weighted by molar-refractivity contribution is 7.46. The second-order valence-corrected chi connectivity index (χ2v) is 16.5. The summed E-state index contributed by atoms with van der Waals surface area (Å²) in [5.74, 6) is -2.21. The molecule has 0 bridgehead atoms. The molecule has 12 nitrogen and oxygen atoms in total. The smallest absolute Gasteiger partial charge is 0.462 e. The minimum absolute atomic E-state index is 0.0622. The van der Waals surface area contributed by atoms with Gasteiger partial charge in [-0.3, -0.25) is 18.9 Å². The number of allylic oxidation sites excluding steroid dienone is 4. The van der Waals surface area contributed by atoms with E-state index in [1.54, 1.807) is 12.2 Å². The third-order valence-corrected chi connectivity index (χ3v) is 10.6. The lowest BCUT2D eigenvalue weighted by Gasteiger charge is -2.20. The summed E-state index contributed by atoms with van der Waals surface area (Å²) in [5, 5.41) is 31.2. The summed E-state index contributed by atoms with van der Waals surface area (Å²) >= 11 is 0. The molecule has 0 spiro atoms. The number of ketones is 1. The van der Waals surface area contributed by atoms with E-state index >= 15 is 0 Å². The van der Waals surface area contributed by atoms with Crippen LogP contribution in [-0.2, 0) is 32.9 Å². The minimum Gasteiger partial charge on any atom is -0.462 e. The molecule has 13 heteroatoms. The molecule has 0 heterocycles. The predicted octanol–water partition coefficient (Wildman–Crippen LogP) is 8.52. The Labute approximate surface area is 336 Å². The van der Waals surface area contributed by atoms with Crippen molar-refractivity contribution in [1.82, 2.24) is 0 Å². The molecule has 0 radical (unpaired) electrons. The van der Waals surface area contributed by atoms with Gasteiger partial charge in [0.05, 0.1) is 24.9 Å². The Balaban J connectivity index is 2.31. The van der Waals surface area contributed by atoms with Crippen LogP contribution in [0.2, 0.25) is 0 Å². The molecule has 0 aromatic carbocycles. The Hall–Kier alpha value is -2.18. The number of carbonyl (C=O) groups is 3. The van der Waals surface area contributed by atoms with Crippen molar-refractivity contribution in [2.24, 2.45) is 11.8 Å². The topological polar surface area (TPSA) is 197 Å². The molecule has 0 unspecified atom stereocenters. The average molecular weight is 815 g/mol. The number of aliphatic hydroxyl groups is 3. The van der Waals surface area contributed by atoms with Gasteiger partial charge in [0.15, 0.2) is 6.10 Å². The fourth-order valence-electron chi connectivity index (χ4n) is 6.81. The van der Waals surface area contributed by atoms with Gasteiger partial charge in [0.25, 0.3) is 0 Å². The van der Waals surface area contributed by atoms with Gasteiger partial charge in [0.1, 0.15) is 12.4 Å². The second-order valence-electron chi connectivity index (χ2n) is 15.3. The Bertz CT molecular complexity index is 1180. The fourth-order valence-corrected chi connectivity index (χ4v) is 7.17. The van der Waals surface area contributed by atoms with E-state index in [1.807, 2.05) is 0 Å². The maximum atomic E-state index is 12.8. The van der Waals surface area contributed by atoms with Crippen LogP contribution in [0.3, 0.4) is 0 Å². The van der Waals surface area contributed by atoms with Crippen LogP contribution in [0.1, 0.15) is 168 Å². The highest BCUT2D eigenvalue weighted by Gasteiger charge is 2.41. The van der Waals surface area contributed by atoms with Crippen LogP contribution < -0.4 is 0 Å². The molecule has 0 aromatic heterocycles. The molecule has 6 atom stereocenters. The molecular weight excluding hydrogens is 739 g/mol. The van der Waals surface area contributed by atoms with Crippen LogP contribution in [0, 0.1) is 11.8 Å². The molecule has 5 N–H and O–H groups in total. The van der Waals surface area contributed by atoms with Crippen LogP contribution in [0.25, 0.3) is 0 Å². The summed E-state index contributed by atoms with van der Waals surface area (Å²) < 4.78 is 26.3. The molecule has 1 saturated carbocycles. The highest BCUT2D eigenvalue weighted by atomic mass is 31.2. The average Bonchev–Trinajstić information content (AvgIpc) is 3.41. The van der Waals surface area contributed by atoms with E-state index in [9.17, 15) is 34.3 Å². The molecule has 0 saturated heterocycles. The highest BCUT2D eigenvalue weighted by Crippen LogP contribution is 2.37. The van der Waals surface area contributed by atoms with Gasteiger partial charge in [-0.05, 0) is 57.8 Å². The van der Waals surface area contributed by atoms with E-state index in [2.05, 4.69) is 42.7 Å². The predicted molar refractivity (Wildman–Crippen MR) is 218 cm³/mol. The molecule has 1 aliphatic rings. The van der Waals surface area contributed by atoms with Gasteiger partial charge in [-0.1, -0.05) is 115 Å². The van der Waals surface area contributed by atoms with Gasteiger partial charge in [-0.15, -0.1) is 0 Å². The lowest BCUT2D eigenvalue weighted by molar-refractivity contribution is -0.161. The third-order valence-electron chi connectivity index (χ3n) is 10.1. The van der Waals surface area contributed by atoms with E-state index in [1.165, 1.54) is 38.5 Å². The number of rotatable bonds is 35. The number of phosphoric ester groups is 1. The number of esters is 2. The van der Waals surface area contributed by atoms with E-state index < -0.39 is 69.2 Å². The number of hydrogen-bond acceptors (Lipinski definition) is 10. The summed E-state index contributed by atoms with van der Waals surface area (Å²) in [6.07, 6.45) is 27.8. The van der Waals surface area contributed by atoms with Crippen molar-refractivity contribution >= 4 is 25.5 Å². The van der Waals surface area contributed by atoms with Crippen molar-refractivity contribution in [1.29, 1.82) is 0 Å². The molecule has 1 fully saturated rings. The Kier molecular flexibility index (Phi) is 30.3. The number of aliphatic hydroxyl groups excluding tert-OH is 3. The van der Waals surface area contributed by atoms with Crippen molar-refractivity contribution in [3.63, 3.8) is 0 Å². The first-order valence-electron chi connectivity index (χ1n) is 21.5. The fraction of sp³-hybridized carbons (Fsp3) is 0.791. The maximum absolute atomic E-state index is 12.8. The molecule has 0 amide bonds. The lowest BCUT2D eigenvalue weighted by atomic mass is 9.87. The minimum atomic E-state index is -4.86. The van der Waals surface area contributed by atoms with Crippen molar-refractivity contribution < 1.29 is 58.1 Å². The SMILES string of the molecule is CCCCC/C=C\C/C=C\CCCCCCCCCC(=O)OC[C@H](COP(=O)(O)O)OC(=O)CCCCC(=O)C[C@@H]1[C@@H](/C=C/[C@@H](O)CCCCC)[C@H](O)C[C@@H]1O. The van der Waals surface area contributed by atoms with Gasteiger partial charge in [0.2, 0.25) is 0 Å². The first kappa shape index (κ1) is 51.8. The van der Waals surface area contributed by atoms with Crippen LogP contribution in [0.4, 0.5) is 0 Å². The number of Topliss-reactive ketones (excluding diaryl/α,β-unsaturated/α-hetero) is 1. The molecule has 324 valence electrons. The third kappa shape index (κ3) is 28.3. The van der Waals surface area contributed by atoms with E-state index in [0.717, 1.165) is 57.8 Å². The van der Waals surface area contributed by atoms with E-state index in [4.69, 9.17) is 19.3 Å². The van der Waals surface area contributed by atoms with E-state index in [0.29, 0.717) is 25.7 Å². The summed E-state index contributed by atoms with van der Waals surface area (Å²) in [4.78, 5) is 55.9. The van der Waals surface area contributed by atoms with Gasteiger partial charge >= 0.3 is 19.8 Å². The van der Waals surface area contributed by atoms with Crippen molar-refractivity contribution in [2.45, 2.75) is 192 Å². The standard InChI is InChI=1S/C43H75O12P/c1-3-5-7-8-9-10-11-12-13-14-15-16-17-18-19-20-22-27-42(48)53-33-37(34-54-56(50,51)52)55-43(49)28-24-23-26-36(45)31-39-38(40(46)32-41(39)47)30-29-35(44)25-21-6-4-2/h9-10,12-13,29-30,35,37-41,44,46-47H,3-8,11,14-28,31-34H2,1-2H3,(H2,50,51,52)/b10-9-,13-12-,30-29+/t35-,37+,38+,39+,40+,41-/m0/s1. The van der Waals surface area contributed by atoms with Gasteiger partial charge < -0.3 is 34.6 Å². The summed E-state index contributed by atoms with van der Waals surface area (Å²) in [6, 6.07) is 0. The van der Waals surface area contributed by atoms with Gasteiger partial charge in [-0.2, -0.15) is 0 Å². The molecular formula is C43H75O12P. The Morgan fingerprint density at radius 1 is 0.714 bits per heavy atom. The summed E-state index contributed by atoms with van der Waals surface area (Å²) in [6.45, 7) is 3.23. The van der Waals surface area contributed by atoms with Crippen LogP contribution in [-0.4, -0.2) is 80.5 Å². The monoisotopic (exact) mass is 814 g/mol. The number of carbonyl (C=O) groups excluding carboxylic acids is 3. The second kappa shape index (κ2) is 32.7. The first-order chi connectivity index (χ1) is 26.9. The number of hydrogen-bond donors (Lipinski definition) is 5. The van der Waals surface area contributed by atoms with Crippen LogP contribution in [0.5, 0.6) is 0 Å². The molecule has 0 aliphatic heterocycles. The molecule has 1 rings (SSSR count). The Morgan fingerprint density at radius 3 is 1.95 bits per heavy atom. The van der Waals surface area contributed by atoms with Crippen molar-refractivity contribution in [2.75, 3.05) is 13.2 Å². The van der Waals surface area contributed by atoms with Gasteiger partial charge in [-0.25, -0.2) is 4.57 Å². The lowest BCUT2D eigenvalue weighted by Crippen LogP contribution is -2.29. The first-order valence-corrected chi connectivity index (χ1v) is 23.0. The van der Waals surface area contributed by atoms with E-state index in [-0.39, 0.29) is 37.9 Å². The summed E-state index contributed by atoms with van der Waals surface area (Å²) in [7, 11) is -4.86. The quantitative estimate of drug-likeness (QED) is 0.0177. The van der Waals surface area contributed by atoms with Gasteiger partial charge in [0, 0.05) is 43.9 Å². The molecule has 0 aromatic rings. The Morgan fingerprint density at radius 2 is 1.29 bits per heavy atom. The van der Waals surface area contributed by atoms with Crippen LogP contribution >= 0.6 is 7.82 Å².